The number of hydrogen-bond acceptors (Lipinski definition) is 4. The first kappa shape index (κ1) is 39.9. The number of sulfone groups is 1. The maximum absolute atomic E-state index is 15.8. The highest BCUT2D eigenvalue weighted by Gasteiger charge is 2.30. The molecule has 0 spiro atoms. The number of hydrogen-bond donors (Lipinski definition) is 0. The molecule has 0 bridgehead atoms. The molecular formula is C48H58N4O2S. The fourth-order valence-electron chi connectivity index (χ4n) is 7.67. The third kappa shape index (κ3) is 8.88. The van der Waals surface area contributed by atoms with E-state index in [-0.39, 0.29) is 10.8 Å². The van der Waals surface area contributed by atoms with Crippen LogP contribution in [0, 0.1) is 11.8 Å². The first-order chi connectivity index (χ1) is 25.9. The molecule has 7 heteroatoms. The molecule has 6 rings (SSSR count). The average molecular weight is 755 g/mol. The van der Waals surface area contributed by atoms with Gasteiger partial charge in [0.25, 0.3) is 0 Å². The summed E-state index contributed by atoms with van der Waals surface area (Å²) in [6.07, 6.45) is 9.34. The minimum Gasteiger partial charge on any atom is -0.330 e. The van der Waals surface area contributed by atoms with Crippen molar-refractivity contribution in [1.29, 1.82) is 0 Å². The highest BCUT2D eigenvalue weighted by molar-refractivity contribution is 7.91. The fourth-order valence-corrected chi connectivity index (χ4v) is 9.43. The summed E-state index contributed by atoms with van der Waals surface area (Å²) >= 11 is 0. The lowest BCUT2D eigenvalue weighted by molar-refractivity contribution is 0.510. The quantitative estimate of drug-likeness (QED) is 0.125. The lowest BCUT2D eigenvalue weighted by Gasteiger charge is -2.24. The van der Waals surface area contributed by atoms with Gasteiger partial charge in [-0.3, -0.25) is 0 Å². The number of imidazole rings is 2. The lowest BCUT2D eigenvalue weighted by atomic mass is 9.92. The van der Waals surface area contributed by atoms with Crippen LogP contribution in [0.5, 0.6) is 0 Å². The van der Waals surface area contributed by atoms with E-state index in [4.69, 9.17) is 9.97 Å². The van der Waals surface area contributed by atoms with Crippen LogP contribution in [-0.4, -0.2) is 27.5 Å². The van der Waals surface area contributed by atoms with E-state index >= 15 is 8.42 Å². The molecule has 2 heterocycles. The van der Waals surface area contributed by atoms with Crippen molar-refractivity contribution in [2.24, 2.45) is 11.8 Å². The molecule has 0 radical (unpaired) electrons. The summed E-state index contributed by atoms with van der Waals surface area (Å²) in [7, 11) is -4.12. The van der Waals surface area contributed by atoms with Crippen LogP contribution < -0.4 is 0 Å². The Morgan fingerprint density at radius 3 is 1.24 bits per heavy atom. The Labute approximate surface area is 329 Å². The summed E-state index contributed by atoms with van der Waals surface area (Å²) in [5.74, 6) is 2.67. The van der Waals surface area contributed by atoms with E-state index in [0.717, 1.165) is 69.0 Å². The Morgan fingerprint density at radius 1 is 0.545 bits per heavy atom. The van der Waals surface area contributed by atoms with Crippen molar-refractivity contribution in [3.63, 3.8) is 0 Å². The number of nitrogens with zero attached hydrogens (tertiary/aromatic N) is 4. The van der Waals surface area contributed by atoms with Crippen LogP contribution >= 0.6 is 0 Å². The Kier molecular flexibility index (Phi) is 11.5. The van der Waals surface area contributed by atoms with Crippen LogP contribution in [0.3, 0.4) is 0 Å². The van der Waals surface area contributed by atoms with Crippen molar-refractivity contribution in [2.75, 3.05) is 0 Å². The molecule has 4 aromatic carbocycles. The maximum Gasteiger partial charge on any atom is 0.207 e. The molecule has 6 aromatic rings. The van der Waals surface area contributed by atoms with Crippen LogP contribution in [0.25, 0.3) is 22.3 Å². The molecule has 55 heavy (non-hydrogen) atoms. The van der Waals surface area contributed by atoms with Crippen LogP contribution in [0.15, 0.2) is 120 Å². The van der Waals surface area contributed by atoms with Gasteiger partial charge >= 0.3 is 0 Å². The zero-order valence-electron chi connectivity index (χ0n) is 34.4. The van der Waals surface area contributed by atoms with Gasteiger partial charge in [-0.15, -0.1) is 0 Å². The largest absolute Gasteiger partial charge is 0.330 e. The third-order valence-corrected chi connectivity index (χ3v) is 11.9. The maximum atomic E-state index is 15.8. The Hall–Kier alpha value is -4.75. The summed E-state index contributed by atoms with van der Waals surface area (Å²) in [4.78, 5) is 10.1. The van der Waals surface area contributed by atoms with Gasteiger partial charge in [-0.05, 0) is 82.3 Å². The molecular weight excluding hydrogens is 697 g/mol. The number of aromatic nitrogens is 4. The van der Waals surface area contributed by atoms with E-state index in [9.17, 15) is 0 Å². The van der Waals surface area contributed by atoms with Crippen molar-refractivity contribution in [3.05, 3.63) is 144 Å². The summed E-state index contributed by atoms with van der Waals surface area (Å²) in [6.45, 7) is 22.9. The minimum absolute atomic E-state index is 0.179. The molecule has 0 atom stereocenters. The zero-order valence-corrected chi connectivity index (χ0v) is 35.2. The molecule has 0 amide bonds. The van der Waals surface area contributed by atoms with Gasteiger partial charge < -0.3 is 9.13 Å². The van der Waals surface area contributed by atoms with Gasteiger partial charge in [-0.1, -0.05) is 130 Å². The Morgan fingerprint density at radius 2 is 0.909 bits per heavy atom. The molecule has 6 nitrogen and oxygen atoms in total. The summed E-state index contributed by atoms with van der Waals surface area (Å²) in [6, 6.07) is 28.2. The van der Waals surface area contributed by atoms with Gasteiger partial charge in [0.1, 0.15) is 11.6 Å². The van der Waals surface area contributed by atoms with Crippen LogP contribution in [0.4, 0.5) is 0 Å². The molecule has 0 N–H and O–H groups in total. The molecule has 0 saturated heterocycles. The van der Waals surface area contributed by atoms with E-state index in [1.807, 2.05) is 97.6 Å². The predicted octanol–water partition coefficient (Wildman–Crippen LogP) is 11.3. The van der Waals surface area contributed by atoms with E-state index in [1.54, 1.807) is 0 Å². The second-order valence-corrected chi connectivity index (χ2v) is 19.8. The highest BCUT2D eigenvalue weighted by Crippen LogP contribution is 2.40. The highest BCUT2D eigenvalue weighted by atomic mass is 32.2. The van der Waals surface area contributed by atoms with E-state index < -0.39 is 9.84 Å². The van der Waals surface area contributed by atoms with Gasteiger partial charge in [-0.2, -0.15) is 0 Å². The number of rotatable bonds is 12. The first-order valence-electron chi connectivity index (χ1n) is 19.6. The molecule has 2 aromatic heterocycles. The first-order valence-corrected chi connectivity index (χ1v) is 21.1. The van der Waals surface area contributed by atoms with Gasteiger partial charge in [0.15, 0.2) is 0 Å². The van der Waals surface area contributed by atoms with Crippen LogP contribution in [0.2, 0.25) is 0 Å². The minimum atomic E-state index is -4.12. The van der Waals surface area contributed by atoms with Gasteiger partial charge in [0.05, 0.1) is 9.79 Å². The van der Waals surface area contributed by atoms with Crippen molar-refractivity contribution in [3.8, 4) is 22.3 Å². The number of benzene rings is 4. The fraction of sp³-hybridized carbons (Fsp3) is 0.375. The molecule has 0 saturated carbocycles. The average Bonchev–Trinajstić information content (AvgIpc) is 3.80. The summed E-state index contributed by atoms with van der Waals surface area (Å²) in [5, 5.41) is 0. The predicted molar refractivity (Wildman–Crippen MR) is 226 cm³/mol. The molecule has 0 aliphatic rings. The Bertz CT molecular complexity index is 2190. The van der Waals surface area contributed by atoms with Gasteiger partial charge in [0.2, 0.25) is 9.84 Å². The molecule has 0 aliphatic carbocycles. The monoisotopic (exact) mass is 754 g/mol. The second-order valence-electron chi connectivity index (χ2n) is 17.9. The molecule has 0 fully saturated rings. The third-order valence-electron chi connectivity index (χ3n) is 10.1. The molecule has 0 aliphatic heterocycles. The molecule has 0 unspecified atom stereocenters. The van der Waals surface area contributed by atoms with E-state index in [1.165, 1.54) is 0 Å². The van der Waals surface area contributed by atoms with Crippen molar-refractivity contribution in [1.82, 2.24) is 19.1 Å². The standard InChI is InChI=1S/C48H58N4O2S/c1-33(2)25-37-27-41(35-17-13-11-14-18-35)43(29-39(37)31-51-23-21-49-45(51)47(5,6)7)55(53,54)44-30-40(32-52-24-22-50-46(52)48(8,9)10)38(26-34(3)4)28-42(44)36-19-15-12-16-20-36/h11-24,27-30,33-34H,25-26,31-32H2,1-10H3. The zero-order chi connectivity index (χ0) is 39.7. The van der Waals surface area contributed by atoms with Crippen LogP contribution in [0.1, 0.15) is 103 Å². The SMILES string of the molecule is CC(C)Cc1cc(-c2ccccc2)c(S(=O)(=O)c2cc(Cn3ccnc3C(C)(C)C)c(CC(C)C)cc2-c2ccccc2)cc1Cn1ccnc1C(C)(C)C. The second kappa shape index (κ2) is 15.8. The Balaban J connectivity index is 1.65. The topological polar surface area (TPSA) is 69.8 Å². The van der Waals surface area contributed by atoms with Gasteiger partial charge in [0, 0.05) is 59.8 Å². The van der Waals surface area contributed by atoms with Crippen LogP contribution in [-0.2, 0) is 46.6 Å². The van der Waals surface area contributed by atoms with Crippen molar-refractivity contribution >= 4 is 9.84 Å². The molecule has 288 valence electrons. The normalized spacial score (nSPS) is 12.6. The smallest absolute Gasteiger partial charge is 0.207 e. The van der Waals surface area contributed by atoms with Crippen molar-refractivity contribution in [2.45, 2.75) is 116 Å². The lowest BCUT2D eigenvalue weighted by Crippen LogP contribution is -2.20. The summed E-state index contributed by atoms with van der Waals surface area (Å²) in [5.41, 5.74) is 7.10. The van der Waals surface area contributed by atoms with E-state index in [0.29, 0.717) is 34.7 Å². The summed E-state index contributed by atoms with van der Waals surface area (Å²) < 4.78 is 36.0. The van der Waals surface area contributed by atoms with Crippen molar-refractivity contribution < 1.29 is 8.42 Å². The van der Waals surface area contributed by atoms with Gasteiger partial charge in [-0.25, -0.2) is 18.4 Å². The van der Waals surface area contributed by atoms with E-state index in [2.05, 4.69) is 90.5 Å².